The van der Waals surface area contributed by atoms with Crippen molar-refractivity contribution in [3.05, 3.63) is 35.9 Å². The smallest absolute Gasteiger partial charge is 0.00957 e. The predicted octanol–water partition coefficient (Wildman–Crippen LogP) is 3.32. The third-order valence-corrected chi connectivity index (χ3v) is 4.39. The van der Waals surface area contributed by atoms with Gasteiger partial charge in [-0.05, 0) is 36.7 Å². The van der Waals surface area contributed by atoms with E-state index in [-0.39, 0.29) is 0 Å². The molecule has 1 heteroatoms. The van der Waals surface area contributed by atoms with Gasteiger partial charge in [-0.3, -0.25) is 0 Å². The minimum atomic E-state index is 0.751. The maximum absolute atomic E-state index is 3.77. The summed E-state index contributed by atoms with van der Waals surface area (Å²) >= 11 is 0. The molecule has 1 aliphatic heterocycles. The molecule has 0 amide bonds. The molecule has 1 nitrogen and oxygen atoms in total. The highest BCUT2D eigenvalue weighted by atomic mass is 14.9. The highest BCUT2D eigenvalue weighted by molar-refractivity contribution is 5.21. The minimum Gasteiger partial charge on any atom is -0.313 e. The summed E-state index contributed by atoms with van der Waals surface area (Å²) in [7, 11) is 0. The van der Waals surface area contributed by atoms with Crippen LogP contribution < -0.4 is 5.32 Å². The zero-order chi connectivity index (χ0) is 10.8. The van der Waals surface area contributed by atoms with Crippen LogP contribution in [0.2, 0.25) is 0 Å². The summed E-state index contributed by atoms with van der Waals surface area (Å²) in [5.74, 6) is 1.69. The number of hydrogen-bond donors (Lipinski definition) is 1. The Balaban J connectivity index is 1.71. The van der Waals surface area contributed by atoms with E-state index in [1.807, 2.05) is 0 Å². The van der Waals surface area contributed by atoms with Crippen molar-refractivity contribution in [2.75, 3.05) is 6.54 Å². The Kier molecular flexibility index (Phi) is 2.96. The lowest BCUT2D eigenvalue weighted by atomic mass is 9.74. The van der Waals surface area contributed by atoms with Crippen molar-refractivity contribution >= 4 is 0 Å². The topological polar surface area (TPSA) is 12.0 Å². The first-order valence-corrected chi connectivity index (χ1v) is 6.72. The molecule has 1 aromatic rings. The molecule has 86 valence electrons. The molecular formula is C15H21N. The Hall–Kier alpha value is -0.820. The van der Waals surface area contributed by atoms with Crippen molar-refractivity contribution in [3.63, 3.8) is 0 Å². The summed E-state index contributed by atoms with van der Waals surface area (Å²) in [5.41, 5.74) is 1.53. The SMILES string of the molecule is c1ccc(C2CNC3CCCCC3C2)cc1. The van der Waals surface area contributed by atoms with Crippen LogP contribution in [0.1, 0.15) is 43.6 Å². The maximum Gasteiger partial charge on any atom is 0.00957 e. The van der Waals surface area contributed by atoms with Crippen LogP contribution in [0.4, 0.5) is 0 Å². The van der Waals surface area contributed by atoms with E-state index in [2.05, 4.69) is 35.6 Å². The van der Waals surface area contributed by atoms with Gasteiger partial charge in [-0.2, -0.15) is 0 Å². The van der Waals surface area contributed by atoms with E-state index in [9.17, 15) is 0 Å². The molecule has 2 fully saturated rings. The molecule has 2 aliphatic rings. The molecule has 1 N–H and O–H groups in total. The molecule has 16 heavy (non-hydrogen) atoms. The number of rotatable bonds is 1. The van der Waals surface area contributed by atoms with Crippen LogP contribution in [0.3, 0.4) is 0 Å². The van der Waals surface area contributed by atoms with Crippen LogP contribution >= 0.6 is 0 Å². The third kappa shape index (κ3) is 2.01. The van der Waals surface area contributed by atoms with E-state index in [0.29, 0.717) is 0 Å². The Bertz CT molecular complexity index is 333. The van der Waals surface area contributed by atoms with Crippen LogP contribution in [0.5, 0.6) is 0 Å². The average molecular weight is 215 g/mol. The number of nitrogens with one attached hydrogen (secondary N) is 1. The molecule has 3 rings (SSSR count). The average Bonchev–Trinajstić information content (AvgIpc) is 2.39. The molecule has 0 aromatic heterocycles. The van der Waals surface area contributed by atoms with Gasteiger partial charge in [0.25, 0.3) is 0 Å². The van der Waals surface area contributed by atoms with E-state index in [0.717, 1.165) is 17.9 Å². The minimum absolute atomic E-state index is 0.751. The van der Waals surface area contributed by atoms with E-state index in [1.54, 1.807) is 0 Å². The first kappa shape index (κ1) is 10.3. The second-order valence-corrected chi connectivity index (χ2v) is 5.40. The second-order valence-electron chi connectivity index (χ2n) is 5.40. The summed E-state index contributed by atoms with van der Waals surface area (Å²) in [4.78, 5) is 0. The van der Waals surface area contributed by atoms with E-state index >= 15 is 0 Å². The number of benzene rings is 1. The molecule has 1 saturated heterocycles. The van der Waals surface area contributed by atoms with E-state index in [4.69, 9.17) is 0 Å². The lowest BCUT2D eigenvalue weighted by molar-refractivity contribution is 0.195. The van der Waals surface area contributed by atoms with Gasteiger partial charge in [0.15, 0.2) is 0 Å². The van der Waals surface area contributed by atoms with Crippen LogP contribution in [-0.2, 0) is 0 Å². The monoisotopic (exact) mass is 215 g/mol. The van der Waals surface area contributed by atoms with Crippen LogP contribution in [0, 0.1) is 5.92 Å². The van der Waals surface area contributed by atoms with Gasteiger partial charge in [0.1, 0.15) is 0 Å². The van der Waals surface area contributed by atoms with Crippen molar-refractivity contribution < 1.29 is 0 Å². The Labute approximate surface area is 98.3 Å². The molecule has 0 spiro atoms. The van der Waals surface area contributed by atoms with Gasteiger partial charge in [0.2, 0.25) is 0 Å². The first-order valence-electron chi connectivity index (χ1n) is 6.72. The fraction of sp³-hybridized carbons (Fsp3) is 0.600. The fourth-order valence-electron chi connectivity index (χ4n) is 3.48. The number of hydrogen-bond acceptors (Lipinski definition) is 1. The molecule has 1 aliphatic carbocycles. The summed E-state index contributed by atoms with van der Waals surface area (Å²) < 4.78 is 0. The standard InChI is InChI=1S/C15H21N/c1-2-6-12(7-3-1)14-10-13-8-4-5-9-15(13)16-11-14/h1-3,6-7,13-16H,4-5,8-11H2. The molecule has 0 bridgehead atoms. The highest BCUT2D eigenvalue weighted by Crippen LogP contribution is 2.36. The first-order chi connectivity index (χ1) is 7.93. The van der Waals surface area contributed by atoms with Crippen molar-refractivity contribution in [1.82, 2.24) is 5.32 Å². The second kappa shape index (κ2) is 4.58. The molecule has 3 unspecified atom stereocenters. The predicted molar refractivity (Wildman–Crippen MR) is 67.5 cm³/mol. The number of fused-ring (bicyclic) bond motifs is 1. The zero-order valence-corrected chi connectivity index (χ0v) is 9.86. The van der Waals surface area contributed by atoms with E-state index in [1.165, 1.54) is 44.2 Å². The van der Waals surface area contributed by atoms with Gasteiger partial charge in [-0.15, -0.1) is 0 Å². The summed E-state index contributed by atoms with van der Waals surface area (Å²) in [6.45, 7) is 1.19. The summed E-state index contributed by atoms with van der Waals surface area (Å²) in [6.07, 6.45) is 7.14. The lowest BCUT2D eigenvalue weighted by Crippen LogP contribution is -2.46. The zero-order valence-electron chi connectivity index (χ0n) is 9.86. The molecular weight excluding hydrogens is 194 g/mol. The quantitative estimate of drug-likeness (QED) is 0.757. The molecule has 0 radical (unpaired) electrons. The fourth-order valence-corrected chi connectivity index (χ4v) is 3.48. The van der Waals surface area contributed by atoms with Gasteiger partial charge in [-0.1, -0.05) is 43.2 Å². The van der Waals surface area contributed by atoms with Crippen LogP contribution in [0.15, 0.2) is 30.3 Å². The molecule has 1 heterocycles. The Morgan fingerprint density at radius 1 is 1.00 bits per heavy atom. The van der Waals surface area contributed by atoms with Crippen LogP contribution in [0.25, 0.3) is 0 Å². The highest BCUT2D eigenvalue weighted by Gasteiger charge is 2.32. The largest absolute Gasteiger partial charge is 0.313 e. The van der Waals surface area contributed by atoms with Gasteiger partial charge in [0, 0.05) is 12.6 Å². The molecule has 1 saturated carbocycles. The maximum atomic E-state index is 3.77. The van der Waals surface area contributed by atoms with Crippen molar-refractivity contribution in [2.45, 2.75) is 44.1 Å². The summed E-state index contributed by atoms with van der Waals surface area (Å²) in [5, 5.41) is 3.77. The summed E-state index contributed by atoms with van der Waals surface area (Å²) in [6, 6.07) is 11.9. The van der Waals surface area contributed by atoms with Crippen molar-refractivity contribution in [1.29, 1.82) is 0 Å². The van der Waals surface area contributed by atoms with Gasteiger partial charge in [-0.25, -0.2) is 0 Å². The Morgan fingerprint density at radius 3 is 2.69 bits per heavy atom. The van der Waals surface area contributed by atoms with Crippen LogP contribution in [-0.4, -0.2) is 12.6 Å². The molecule has 1 aromatic carbocycles. The van der Waals surface area contributed by atoms with Crippen molar-refractivity contribution in [2.24, 2.45) is 5.92 Å². The van der Waals surface area contributed by atoms with Crippen molar-refractivity contribution in [3.8, 4) is 0 Å². The van der Waals surface area contributed by atoms with Gasteiger partial charge >= 0.3 is 0 Å². The number of piperidine rings is 1. The van der Waals surface area contributed by atoms with Gasteiger partial charge in [0.05, 0.1) is 0 Å². The Morgan fingerprint density at radius 2 is 1.81 bits per heavy atom. The van der Waals surface area contributed by atoms with E-state index < -0.39 is 0 Å². The normalized spacial score (nSPS) is 34.4. The lowest BCUT2D eigenvalue weighted by Gasteiger charge is -2.40. The molecule has 3 atom stereocenters. The van der Waals surface area contributed by atoms with Gasteiger partial charge < -0.3 is 5.32 Å². The third-order valence-electron chi connectivity index (χ3n) is 4.39.